The zero-order valence-electron chi connectivity index (χ0n) is 25.8. The summed E-state index contributed by atoms with van der Waals surface area (Å²) < 4.78 is 4.59. The summed E-state index contributed by atoms with van der Waals surface area (Å²) in [5, 5.41) is 4.90. The zero-order chi connectivity index (χ0) is 31.6. The number of para-hydroxylation sites is 4. The Balaban J connectivity index is 1.06. The van der Waals surface area contributed by atoms with Gasteiger partial charge in [0.1, 0.15) is 12.0 Å². The number of hydrogen-bond acceptors (Lipinski definition) is 6. The molecule has 1 aliphatic rings. The van der Waals surface area contributed by atoms with Crippen molar-refractivity contribution < 1.29 is 0 Å². The van der Waals surface area contributed by atoms with Crippen molar-refractivity contribution in [2.24, 2.45) is 0 Å². The summed E-state index contributed by atoms with van der Waals surface area (Å²) in [6, 6.07) is 38.6. The number of aromatic nitrogens is 6. The maximum atomic E-state index is 4.81. The average Bonchev–Trinajstić information content (AvgIpc) is 3.68. The summed E-state index contributed by atoms with van der Waals surface area (Å²) in [7, 11) is 0. The average molecular weight is 621 g/mol. The van der Waals surface area contributed by atoms with E-state index in [1.807, 2.05) is 31.0 Å². The summed E-state index contributed by atoms with van der Waals surface area (Å²) in [4.78, 5) is 23.2. The van der Waals surface area contributed by atoms with Crippen LogP contribution < -0.4 is 9.80 Å². The Morgan fingerprint density at radius 1 is 0.417 bits per heavy atom. The molecule has 0 spiro atoms. The van der Waals surface area contributed by atoms with E-state index in [1.165, 1.54) is 21.5 Å². The van der Waals surface area contributed by atoms with E-state index in [1.54, 1.807) is 6.33 Å². The van der Waals surface area contributed by atoms with Crippen molar-refractivity contribution in [2.75, 3.05) is 22.9 Å². The number of fused-ring (bicyclic) bond motifs is 7. The van der Waals surface area contributed by atoms with Gasteiger partial charge in [0.05, 0.1) is 75.8 Å². The van der Waals surface area contributed by atoms with Gasteiger partial charge < -0.3 is 18.9 Å². The van der Waals surface area contributed by atoms with Crippen LogP contribution in [0, 0.1) is 0 Å². The molecule has 9 aromatic rings. The Hall–Kier alpha value is -6.54. The van der Waals surface area contributed by atoms with Gasteiger partial charge in [0.2, 0.25) is 0 Å². The van der Waals surface area contributed by atoms with Gasteiger partial charge in [-0.05, 0) is 36.4 Å². The van der Waals surface area contributed by atoms with Gasteiger partial charge in [0.25, 0.3) is 0 Å². The van der Waals surface area contributed by atoms with Gasteiger partial charge in [-0.2, -0.15) is 0 Å². The van der Waals surface area contributed by atoms with Gasteiger partial charge in [-0.15, -0.1) is 0 Å². The van der Waals surface area contributed by atoms with Crippen molar-refractivity contribution in [3.8, 4) is 11.4 Å². The van der Waals surface area contributed by atoms with E-state index in [-0.39, 0.29) is 0 Å². The standard InChI is InChI=1S/C40H28N8/c1-5-13-35-31(9-1)32-10-2-6-14-36(32)47(35)29-19-27(21-41-23-29)45-17-18-46(40-39(45)25-43-26-44-40)28-20-30(24-42-22-28)48-37-15-7-3-11-33(37)34-12-4-8-16-38(34)48/h1-16,19-26H,17-18H2. The molecule has 0 fully saturated rings. The van der Waals surface area contributed by atoms with Crippen molar-refractivity contribution in [2.45, 2.75) is 0 Å². The number of pyridine rings is 2. The van der Waals surface area contributed by atoms with Crippen LogP contribution in [0.1, 0.15) is 0 Å². The lowest BCUT2D eigenvalue weighted by Gasteiger charge is -2.37. The molecule has 6 heterocycles. The highest BCUT2D eigenvalue weighted by atomic mass is 15.3. The van der Waals surface area contributed by atoms with Crippen LogP contribution in [0.15, 0.2) is 147 Å². The normalized spacial score (nSPS) is 13.2. The molecule has 0 saturated heterocycles. The van der Waals surface area contributed by atoms with E-state index in [0.717, 1.165) is 62.9 Å². The topological polar surface area (TPSA) is 67.9 Å². The molecular weight excluding hydrogens is 592 g/mol. The number of anilines is 4. The summed E-state index contributed by atoms with van der Waals surface area (Å²) in [6.45, 7) is 1.43. The summed E-state index contributed by atoms with van der Waals surface area (Å²) in [5.41, 5.74) is 9.52. The lowest BCUT2D eigenvalue weighted by Crippen LogP contribution is -2.37. The molecule has 0 unspecified atom stereocenters. The van der Waals surface area contributed by atoms with Gasteiger partial charge in [0, 0.05) is 34.6 Å². The highest BCUT2D eigenvalue weighted by molar-refractivity contribution is 6.10. The molecule has 0 amide bonds. The molecule has 228 valence electrons. The van der Waals surface area contributed by atoms with Gasteiger partial charge >= 0.3 is 0 Å². The third kappa shape index (κ3) is 3.96. The fourth-order valence-corrected chi connectivity index (χ4v) is 7.43. The molecule has 4 aromatic carbocycles. The Kier molecular flexibility index (Phi) is 5.83. The quantitative estimate of drug-likeness (QED) is 0.196. The molecule has 0 N–H and O–H groups in total. The predicted octanol–water partition coefficient (Wildman–Crippen LogP) is 8.75. The van der Waals surface area contributed by atoms with Crippen LogP contribution in [0.2, 0.25) is 0 Å². The molecule has 8 heteroatoms. The highest BCUT2D eigenvalue weighted by Crippen LogP contribution is 2.41. The first-order valence-corrected chi connectivity index (χ1v) is 16.1. The molecule has 0 saturated carbocycles. The molecule has 0 aliphatic carbocycles. The second kappa shape index (κ2) is 10.5. The second-order valence-electron chi connectivity index (χ2n) is 12.1. The maximum Gasteiger partial charge on any atom is 0.160 e. The van der Waals surface area contributed by atoms with Gasteiger partial charge in [-0.3, -0.25) is 9.97 Å². The largest absolute Gasteiger partial charge is 0.334 e. The molecular formula is C40H28N8. The fourth-order valence-electron chi connectivity index (χ4n) is 7.43. The van der Waals surface area contributed by atoms with Crippen molar-refractivity contribution in [3.05, 3.63) is 147 Å². The van der Waals surface area contributed by atoms with Crippen LogP contribution in [-0.4, -0.2) is 42.2 Å². The summed E-state index contributed by atoms with van der Waals surface area (Å²) >= 11 is 0. The molecule has 5 aromatic heterocycles. The molecule has 48 heavy (non-hydrogen) atoms. The smallest absolute Gasteiger partial charge is 0.160 e. The third-order valence-corrected chi connectivity index (χ3v) is 9.48. The number of hydrogen-bond donors (Lipinski definition) is 0. The first kappa shape index (κ1) is 26.7. The van der Waals surface area contributed by atoms with Crippen molar-refractivity contribution >= 4 is 66.5 Å². The van der Waals surface area contributed by atoms with Gasteiger partial charge in [-0.1, -0.05) is 72.8 Å². The summed E-state index contributed by atoms with van der Waals surface area (Å²) in [6.07, 6.45) is 11.2. The van der Waals surface area contributed by atoms with Crippen LogP contribution >= 0.6 is 0 Å². The zero-order valence-corrected chi connectivity index (χ0v) is 25.8. The molecule has 0 radical (unpaired) electrons. The van der Waals surface area contributed by atoms with Gasteiger partial charge in [0.15, 0.2) is 5.82 Å². The van der Waals surface area contributed by atoms with Gasteiger partial charge in [-0.25, -0.2) is 9.97 Å². The van der Waals surface area contributed by atoms with Crippen LogP contribution in [0.25, 0.3) is 55.0 Å². The van der Waals surface area contributed by atoms with Crippen molar-refractivity contribution in [3.63, 3.8) is 0 Å². The van der Waals surface area contributed by atoms with E-state index in [9.17, 15) is 0 Å². The van der Waals surface area contributed by atoms with Crippen LogP contribution in [0.3, 0.4) is 0 Å². The molecule has 8 nitrogen and oxygen atoms in total. The first-order valence-electron chi connectivity index (χ1n) is 16.1. The fraction of sp³-hybridized carbons (Fsp3) is 0.0500. The monoisotopic (exact) mass is 620 g/mol. The minimum Gasteiger partial charge on any atom is -0.334 e. The lowest BCUT2D eigenvalue weighted by molar-refractivity contribution is 0.821. The molecule has 1 aliphatic heterocycles. The Morgan fingerprint density at radius 2 is 0.833 bits per heavy atom. The van der Waals surface area contributed by atoms with E-state index in [0.29, 0.717) is 6.54 Å². The Morgan fingerprint density at radius 3 is 1.33 bits per heavy atom. The minimum absolute atomic E-state index is 0.710. The van der Waals surface area contributed by atoms with E-state index in [2.05, 4.69) is 133 Å². The number of benzene rings is 4. The first-order chi connectivity index (χ1) is 23.8. The Labute approximate surface area is 275 Å². The summed E-state index contributed by atoms with van der Waals surface area (Å²) in [5.74, 6) is 0.833. The number of nitrogens with zero attached hydrogens (tertiary/aromatic N) is 8. The van der Waals surface area contributed by atoms with E-state index in [4.69, 9.17) is 15.0 Å². The number of rotatable bonds is 4. The lowest BCUT2D eigenvalue weighted by atomic mass is 10.2. The SMILES string of the molecule is c1ccc2c(c1)c1ccccc1n2-c1cncc(N2CCN(c3cncc(-n4c5ccccc5c5ccccc54)c3)c3ncncc32)c1. The van der Waals surface area contributed by atoms with Crippen LogP contribution in [0.4, 0.5) is 22.9 Å². The van der Waals surface area contributed by atoms with Crippen LogP contribution in [0.5, 0.6) is 0 Å². The maximum absolute atomic E-state index is 4.81. The van der Waals surface area contributed by atoms with Crippen molar-refractivity contribution in [1.29, 1.82) is 0 Å². The Bertz CT molecular complexity index is 2380. The molecule has 0 bridgehead atoms. The third-order valence-electron chi connectivity index (χ3n) is 9.48. The van der Waals surface area contributed by atoms with E-state index < -0.39 is 0 Å². The van der Waals surface area contributed by atoms with E-state index >= 15 is 0 Å². The highest BCUT2D eigenvalue weighted by Gasteiger charge is 2.27. The molecule has 10 rings (SSSR count). The van der Waals surface area contributed by atoms with Crippen molar-refractivity contribution in [1.82, 2.24) is 29.1 Å². The predicted molar refractivity (Wildman–Crippen MR) is 193 cm³/mol. The van der Waals surface area contributed by atoms with Crippen LogP contribution in [-0.2, 0) is 0 Å². The minimum atomic E-state index is 0.710. The molecule has 0 atom stereocenters. The second-order valence-corrected chi connectivity index (χ2v) is 12.1.